The minimum Gasteiger partial charge on any atom is -0.343 e. The second kappa shape index (κ2) is 5.25. The molecule has 2 aromatic carbocycles. The average molecular weight is 294 g/mol. The van der Waals surface area contributed by atoms with Crippen molar-refractivity contribution < 1.29 is 4.39 Å². The third-order valence-electron chi connectivity index (χ3n) is 4.55. The van der Waals surface area contributed by atoms with Crippen molar-refractivity contribution in [2.45, 2.75) is 19.9 Å². The molecule has 0 radical (unpaired) electrons. The Morgan fingerprint density at radius 3 is 2.82 bits per heavy atom. The van der Waals surface area contributed by atoms with Gasteiger partial charge in [0.05, 0.1) is 5.52 Å². The number of nitrogens with zero attached hydrogens (tertiary/aromatic N) is 1. The largest absolute Gasteiger partial charge is 0.343 e. The number of hydrogen-bond acceptors (Lipinski definition) is 1. The van der Waals surface area contributed by atoms with Gasteiger partial charge in [-0.3, -0.25) is 0 Å². The Morgan fingerprint density at radius 2 is 1.95 bits per heavy atom. The standard InChI is InChI=1S/C19H19FN2/c1-13-11-15(20)5-6-17(13)18-4-2-3-14-12-16-7-8-21-9-10-22(16)19(14)18/h2-6,11-12,21H,7-10H2,1H3. The van der Waals surface area contributed by atoms with E-state index >= 15 is 0 Å². The highest BCUT2D eigenvalue weighted by atomic mass is 19.1. The Morgan fingerprint density at radius 1 is 1.05 bits per heavy atom. The molecule has 0 fully saturated rings. The van der Waals surface area contributed by atoms with Crippen molar-refractivity contribution in [3.63, 3.8) is 0 Å². The summed E-state index contributed by atoms with van der Waals surface area (Å²) < 4.78 is 15.9. The third-order valence-corrected chi connectivity index (χ3v) is 4.55. The van der Waals surface area contributed by atoms with Crippen LogP contribution in [-0.2, 0) is 13.0 Å². The first-order chi connectivity index (χ1) is 10.7. The minimum absolute atomic E-state index is 0.174. The van der Waals surface area contributed by atoms with Gasteiger partial charge in [-0.15, -0.1) is 0 Å². The van der Waals surface area contributed by atoms with Gasteiger partial charge in [-0.25, -0.2) is 4.39 Å². The molecule has 4 rings (SSSR count). The van der Waals surface area contributed by atoms with Crippen LogP contribution in [0.15, 0.2) is 42.5 Å². The number of aryl methyl sites for hydroxylation is 1. The summed E-state index contributed by atoms with van der Waals surface area (Å²) in [7, 11) is 0. The SMILES string of the molecule is Cc1cc(F)ccc1-c1cccc2cc3n(c12)CCNCC3. The van der Waals surface area contributed by atoms with Gasteiger partial charge >= 0.3 is 0 Å². The predicted molar refractivity (Wildman–Crippen MR) is 88.6 cm³/mol. The lowest BCUT2D eigenvalue weighted by Crippen LogP contribution is -2.17. The summed E-state index contributed by atoms with van der Waals surface area (Å²) in [6.07, 6.45) is 1.05. The van der Waals surface area contributed by atoms with Crippen molar-refractivity contribution in [3.05, 3.63) is 59.5 Å². The van der Waals surface area contributed by atoms with Crippen LogP contribution in [0.5, 0.6) is 0 Å². The molecular formula is C19H19FN2. The predicted octanol–water partition coefficient (Wildman–Crippen LogP) is 3.90. The van der Waals surface area contributed by atoms with E-state index in [-0.39, 0.29) is 5.82 Å². The van der Waals surface area contributed by atoms with E-state index < -0.39 is 0 Å². The zero-order chi connectivity index (χ0) is 15.1. The number of hydrogen-bond donors (Lipinski definition) is 1. The molecule has 0 spiro atoms. The van der Waals surface area contributed by atoms with Crippen molar-refractivity contribution in [3.8, 4) is 11.1 Å². The molecular weight excluding hydrogens is 275 g/mol. The maximum absolute atomic E-state index is 13.4. The van der Waals surface area contributed by atoms with Gasteiger partial charge in [0, 0.05) is 42.7 Å². The highest BCUT2D eigenvalue weighted by Crippen LogP contribution is 2.33. The first-order valence-electron chi connectivity index (χ1n) is 7.82. The highest BCUT2D eigenvalue weighted by Gasteiger charge is 2.16. The smallest absolute Gasteiger partial charge is 0.123 e. The fraction of sp³-hybridized carbons (Fsp3) is 0.263. The molecule has 2 nitrogen and oxygen atoms in total. The molecule has 3 aromatic rings. The lowest BCUT2D eigenvalue weighted by atomic mass is 9.98. The van der Waals surface area contributed by atoms with Crippen LogP contribution >= 0.6 is 0 Å². The Hall–Kier alpha value is -2.13. The Balaban J connectivity index is 1.99. The fourth-order valence-corrected chi connectivity index (χ4v) is 3.52. The molecule has 2 heterocycles. The number of para-hydroxylation sites is 1. The van der Waals surface area contributed by atoms with E-state index in [1.54, 1.807) is 12.1 Å². The quantitative estimate of drug-likeness (QED) is 0.720. The molecule has 3 heteroatoms. The van der Waals surface area contributed by atoms with Crippen molar-refractivity contribution in [2.75, 3.05) is 13.1 Å². The lowest BCUT2D eigenvalue weighted by Gasteiger charge is -2.12. The van der Waals surface area contributed by atoms with Crippen molar-refractivity contribution in [1.82, 2.24) is 9.88 Å². The van der Waals surface area contributed by atoms with E-state index in [1.165, 1.54) is 22.2 Å². The molecule has 0 atom stereocenters. The van der Waals surface area contributed by atoms with Crippen LogP contribution < -0.4 is 5.32 Å². The number of halogens is 1. The number of fused-ring (bicyclic) bond motifs is 3. The van der Waals surface area contributed by atoms with Crippen LogP contribution in [0.4, 0.5) is 4.39 Å². The van der Waals surface area contributed by atoms with E-state index in [9.17, 15) is 4.39 Å². The normalized spacial score (nSPS) is 14.8. The van der Waals surface area contributed by atoms with Gasteiger partial charge in [-0.2, -0.15) is 0 Å². The number of nitrogens with one attached hydrogen (secondary N) is 1. The molecule has 0 saturated carbocycles. The molecule has 0 unspecified atom stereocenters. The summed E-state index contributed by atoms with van der Waals surface area (Å²) in [6, 6.07) is 13.8. The van der Waals surface area contributed by atoms with E-state index in [4.69, 9.17) is 0 Å². The van der Waals surface area contributed by atoms with Gasteiger partial charge in [-0.1, -0.05) is 24.3 Å². The van der Waals surface area contributed by atoms with Crippen molar-refractivity contribution in [2.24, 2.45) is 0 Å². The Labute approximate surface area is 129 Å². The molecule has 1 aliphatic heterocycles. The van der Waals surface area contributed by atoms with Gasteiger partial charge in [0.2, 0.25) is 0 Å². The second-order valence-corrected chi connectivity index (χ2v) is 5.99. The number of rotatable bonds is 1. The molecule has 0 bridgehead atoms. The number of aromatic nitrogens is 1. The maximum Gasteiger partial charge on any atom is 0.123 e. The molecule has 0 aliphatic carbocycles. The van der Waals surface area contributed by atoms with Crippen LogP contribution in [0.25, 0.3) is 22.0 Å². The van der Waals surface area contributed by atoms with E-state index in [0.29, 0.717) is 0 Å². The van der Waals surface area contributed by atoms with Crippen LogP contribution in [0.1, 0.15) is 11.3 Å². The maximum atomic E-state index is 13.4. The molecule has 0 amide bonds. The van der Waals surface area contributed by atoms with E-state index in [2.05, 4.69) is 34.1 Å². The van der Waals surface area contributed by atoms with Gasteiger partial charge in [-0.05, 0) is 36.2 Å². The van der Waals surface area contributed by atoms with Crippen LogP contribution in [-0.4, -0.2) is 17.7 Å². The van der Waals surface area contributed by atoms with Crippen LogP contribution in [0.2, 0.25) is 0 Å². The van der Waals surface area contributed by atoms with Gasteiger partial charge in [0.15, 0.2) is 0 Å². The molecule has 1 aliphatic rings. The summed E-state index contributed by atoms with van der Waals surface area (Å²) in [5.74, 6) is -0.174. The monoisotopic (exact) mass is 294 g/mol. The molecule has 1 N–H and O–H groups in total. The van der Waals surface area contributed by atoms with Crippen LogP contribution in [0.3, 0.4) is 0 Å². The minimum atomic E-state index is -0.174. The average Bonchev–Trinajstić information content (AvgIpc) is 2.70. The van der Waals surface area contributed by atoms with Gasteiger partial charge in [0.1, 0.15) is 5.82 Å². The number of benzene rings is 2. The summed E-state index contributed by atoms with van der Waals surface area (Å²) in [4.78, 5) is 0. The van der Waals surface area contributed by atoms with E-state index in [0.717, 1.165) is 37.2 Å². The van der Waals surface area contributed by atoms with E-state index in [1.807, 2.05) is 13.0 Å². The zero-order valence-corrected chi connectivity index (χ0v) is 12.7. The van der Waals surface area contributed by atoms with Crippen molar-refractivity contribution in [1.29, 1.82) is 0 Å². The molecule has 22 heavy (non-hydrogen) atoms. The summed E-state index contributed by atoms with van der Waals surface area (Å²) >= 11 is 0. The van der Waals surface area contributed by atoms with Gasteiger partial charge < -0.3 is 9.88 Å². The summed E-state index contributed by atoms with van der Waals surface area (Å²) in [5, 5.41) is 4.73. The molecule has 1 aromatic heterocycles. The highest BCUT2D eigenvalue weighted by molar-refractivity contribution is 5.96. The Kier molecular flexibility index (Phi) is 3.23. The summed E-state index contributed by atoms with van der Waals surface area (Å²) in [5.41, 5.74) is 5.95. The lowest BCUT2D eigenvalue weighted by molar-refractivity contribution is 0.627. The topological polar surface area (TPSA) is 17.0 Å². The zero-order valence-electron chi connectivity index (χ0n) is 12.7. The second-order valence-electron chi connectivity index (χ2n) is 5.99. The third kappa shape index (κ3) is 2.13. The molecule has 112 valence electrons. The van der Waals surface area contributed by atoms with Gasteiger partial charge in [0.25, 0.3) is 0 Å². The first kappa shape index (κ1) is 13.5. The first-order valence-corrected chi connectivity index (χ1v) is 7.82. The molecule has 0 saturated heterocycles. The van der Waals surface area contributed by atoms with Crippen molar-refractivity contribution >= 4 is 10.9 Å². The Bertz CT molecular complexity index is 848. The van der Waals surface area contributed by atoms with Crippen LogP contribution in [0, 0.1) is 12.7 Å². The fourth-order valence-electron chi connectivity index (χ4n) is 3.52. The summed E-state index contributed by atoms with van der Waals surface area (Å²) in [6.45, 7) is 4.98.